The summed E-state index contributed by atoms with van der Waals surface area (Å²) in [6.07, 6.45) is 3.95. The Balaban J connectivity index is 1.36. The topological polar surface area (TPSA) is 72.3 Å². The zero-order valence-electron chi connectivity index (χ0n) is 21.0. The van der Waals surface area contributed by atoms with E-state index in [1.165, 1.54) is 5.56 Å². The molecule has 0 unspecified atom stereocenters. The molecule has 1 aliphatic heterocycles. The normalized spacial score (nSPS) is 15.4. The predicted octanol–water partition coefficient (Wildman–Crippen LogP) is 4.79. The van der Waals surface area contributed by atoms with Gasteiger partial charge in [-0.25, -0.2) is 9.67 Å². The van der Waals surface area contributed by atoms with Crippen molar-refractivity contribution in [2.24, 2.45) is 5.92 Å². The van der Waals surface area contributed by atoms with Gasteiger partial charge in [0.05, 0.1) is 24.3 Å². The second-order valence-corrected chi connectivity index (χ2v) is 9.95. The quantitative estimate of drug-likeness (QED) is 0.520. The Morgan fingerprint density at radius 2 is 1.85 bits per heavy atom. The molecule has 4 rings (SSSR count). The number of piperidine rings is 1. The van der Waals surface area contributed by atoms with Crippen LogP contribution in [-0.2, 0) is 6.54 Å². The third-order valence-electron chi connectivity index (χ3n) is 6.74. The molecule has 1 aromatic carbocycles. The van der Waals surface area contributed by atoms with Crippen molar-refractivity contribution >= 4 is 16.9 Å². The van der Waals surface area contributed by atoms with Crippen LogP contribution in [0.25, 0.3) is 11.0 Å². The number of methoxy groups -OCH3 is 1. The van der Waals surface area contributed by atoms with Crippen LogP contribution in [0, 0.1) is 5.92 Å². The number of amides is 1. The molecule has 1 saturated heterocycles. The number of carbonyl (C=O) groups is 1. The number of pyridine rings is 1. The molecule has 1 aliphatic rings. The molecular formula is C27H37N5O2. The standard InChI is InChI=1S/C27H37N5O2/c1-18(2)25-14-23(24-16-29-32(19(3)4)26(24)30-25)27(33)28-15-20-10-12-31(13-11-20)17-21-6-8-22(34-5)9-7-21/h6-9,14,16,18-20H,10-13,15,17H2,1-5H3,(H,28,33). The third-order valence-corrected chi connectivity index (χ3v) is 6.74. The number of rotatable bonds is 8. The van der Waals surface area contributed by atoms with Gasteiger partial charge in [0.15, 0.2) is 5.65 Å². The molecule has 0 atom stereocenters. The molecule has 7 nitrogen and oxygen atoms in total. The van der Waals surface area contributed by atoms with Crippen LogP contribution in [-0.4, -0.2) is 52.3 Å². The van der Waals surface area contributed by atoms with Crippen molar-refractivity contribution in [2.45, 2.75) is 59.0 Å². The first kappa shape index (κ1) is 24.2. The molecule has 7 heteroatoms. The maximum atomic E-state index is 13.2. The maximum Gasteiger partial charge on any atom is 0.252 e. The predicted molar refractivity (Wildman–Crippen MR) is 135 cm³/mol. The van der Waals surface area contributed by atoms with Crippen LogP contribution < -0.4 is 10.1 Å². The average molecular weight is 464 g/mol. The zero-order valence-corrected chi connectivity index (χ0v) is 21.0. The van der Waals surface area contributed by atoms with Crippen LogP contribution >= 0.6 is 0 Å². The van der Waals surface area contributed by atoms with E-state index in [1.807, 2.05) is 22.9 Å². The average Bonchev–Trinajstić information content (AvgIpc) is 3.28. The molecule has 0 aliphatic carbocycles. The summed E-state index contributed by atoms with van der Waals surface area (Å²) in [6.45, 7) is 12.1. The third kappa shape index (κ3) is 5.41. The lowest BCUT2D eigenvalue weighted by molar-refractivity contribution is 0.0936. The molecule has 3 aromatic rings. The van der Waals surface area contributed by atoms with Crippen molar-refractivity contribution < 1.29 is 9.53 Å². The van der Waals surface area contributed by atoms with Crippen LogP contribution in [0.1, 0.15) is 74.1 Å². The van der Waals surface area contributed by atoms with Crippen LogP contribution in [0.4, 0.5) is 0 Å². The molecule has 0 radical (unpaired) electrons. The van der Waals surface area contributed by atoms with Gasteiger partial charge in [-0.3, -0.25) is 9.69 Å². The first-order chi connectivity index (χ1) is 16.4. The van der Waals surface area contributed by atoms with Crippen LogP contribution in [0.3, 0.4) is 0 Å². The van der Waals surface area contributed by atoms with E-state index in [1.54, 1.807) is 13.3 Å². The molecule has 3 heterocycles. The van der Waals surface area contributed by atoms with Crippen molar-refractivity contribution in [1.82, 2.24) is 25.0 Å². The summed E-state index contributed by atoms with van der Waals surface area (Å²) >= 11 is 0. The molecule has 2 aromatic heterocycles. The van der Waals surface area contributed by atoms with Gasteiger partial charge < -0.3 is 10.1 Å². The van der Waals surface area contributed by atoms with Gasteiger partial charge in [0.2, 0.25) is 0 Å². The molecule has 34 heavy (non-hydrogen) atoms. The van der Waals surface area contributed by atoms with E-state index in [4.69, 9.17) is 9.72 Å². The lowest BCUT2D eigenvalue weighted by atomic mass is 9.96. The van der Waals surface area contributed by atoms with E-state index < -0.39 is 0 Å². The number of nitrogens with zero attached hydrogens (tertiary/aromatic N) is 4. The van der Waals surface area contributed by atoms with Gasteiger partial charge in [0.1, 0.15) is 5.75 Å². The number of benzene rings is 1. The number of aromatic nitrogens is 3. The number of likely N-dealkylation sites (tertiary alicyclic amines) is 1. The minimum absolute atomic E-state index is 0.0294. The van der Waals surface area contributed by atoms with Gasteiger partial charge in [-0.15, -0.1) is 0 Å². The smallest absolute Gasteiger partial charge is 0.252 e. The highest BCUT2D eigenvalue weighted by atomic mass is 16.5. The number of ether oxygens (including phenoxy) is 1. The van der Waals surface area contributed by atoms with E-state index in [0.29, 0.717) is 18.0 Å². The minimum atomic E-state index is -0.0294. The van der Waals surface area contributed by atoms with Crippen molar-refractivity contribution in [3.05, 3.63) is 53.3 Å². The summed E-state index contributed by atoms with van der Waals surface area (Å²) in [7, 11) is 1.69. The first-order valence-corrected chi connectivity index (χ1v) is 12.4. The second kappa shape index (κ2) is 10.6. The fraction of sp³-hybridized carbons (Fsp3) is 0.519. The SMILES string of the molecule is COc1ccc(CN2CCC(CNC(=O)c3cc(C(C)C)nc4c3cnn4C(C)C)CC2)cc1. The Labute approximate surface area is 202 Å². The maximum absolute atomic E-state index is 13.2. The lowest BCUT2D eigenvalue weighted by Crippen LogP contribution is -2.38. The van der Waals surface area contributed by atoms with Crippen LogP contribution in [0.15, 0.2) is 36.5 Å². The molecule has 1 fully saturated rings. The number of hydrogen-bond donors (Lipinski definition) is 1. The summed E-state index contributed by atoms with van der Waals surface area (Å²) in [6, 6.07) is 10.4. The van der Waals surface area contributed by atoms with E-state index in [0.717, 1.165) is 55.0 Å². The minimum Gasteiger partial charge on any atom is -0.497 e. The molecule has 0 saturated carbocycles. The number of hydrogen-bond acceptors (Lipinski definition) is 5. The van der Waals surface area contributed by atoms with Crippen molar-refractivity contribution in [2.75, 3.05) is 26.7 Å². The van der Waals surface area contributed by atoms with E-state index >= 15 is 0 Å². The van der Waals surface area contributed by atoms with Crippen molar-refractivity contribution in [3.8, 4) is 5.75 Å². The van der Waals surface area contributed by atoms with E-state index in [9.17, 15) is 4.79 Å². The first-order valence-electron chi connectivity index (χ1n) is 12.4. The Morgan fingerprint density at radius 3 is 2.47 bits per heavy atom. The van der Waals surface area contributed by atoms with E-state index in [-0.39, 0.29) is 17.9 Å². The van der Waals surface area contributed by atoms with Gasteiger partial charge in [-0.2, -0.15) is 5.10 Å². The lowest BCUT2D eigenvalue weighted by Gasteiger charge is -2.32. The molecule has 0 bridgehead atoms. The Hall–Kier alpha value is -2.93. The summed E-state index contributed by atoms with van der Waals surface area (Å²) in [5.41, 5.74) is 3.69. The van der Waals surface area contributed by atoms with Gasteiger partial charge >= 0.3 is 0 Å². The highest BCUT2D eigenvalue weighted by Crippen LogP contribution is 2.25. The van der Waals surface area contributed by atoms with Crippen molar-refractivity contribution in [3.63, 3.8) is 0 Å². The summed E-state index contributed by atoms with van der Waals surface area (Å²) < 4.78 is 7.15. The summed E-state index contributed by atoms with van der Waals surface area (Å²) in [5, 5.41) is 8.53. The van der Waals surface area contributed by atoms with Gasteiger partial charge in [-0.05, 0) is 75.4 Å². The Kier molecular flexibility index (Phi) is 7.51. The Morgan fingerprint density at radius 1 is 1.15 bits per heavy atom. The molecule has 182 valence electrons. The molecular weight excluding hydrogens is 426 g/mol. The number of fused-ring (bicyclic) bond motifs is 1. The summed E-state index contributed by atoms with van der Waals surface area (Å²) in [5.74, 6) is 1.60. The zero-order chi connectivity index (χ0) is 24.2. The molecule has 1 amide bonds. The highest BCUT2D eigenvalue weighted by molar-refractivity contribution is 6.05. The number of nitrogens with one attached hydrogen (secondary N) is 1. The fourth-order valence-electron chi connectivity index (χ4n) is 4.57. The fourth-order valence-corrected chi connectivity index (χ4v) is 4.57. The molecule has 1 N–H and O–H groups in total. The molecule has 0 spiro atoms. The van der Waals surface area contributed by atoms with Crippen LogP contribution in [0.2, 0.25) is 0 Å². The van der Waals surface area contributed by atoms with Crippen molar-refractivity contribution in [1.29, 1.82) is 0 Å². The van der Waals surface area contributed by atoms with Gasteiger partial charge in [-0.1, -0.05) is 26.0 Å². The second-order valence-electron chi connectivity index (χ2n) is 9.95. The number of carbonyl (C=O) groups excluding carboxylic acids is 1. The largest absolute Gasteiger partial charge is 0.497 e. The van der Waals surface area contributed by atoms with Gasteiger partial charge in [0.25, 0.3) is 5.91 Å². The monoisotopic (exact) mass is 463 g/mol. The van der Waals surface area contributed by atoms with E-state index in [2.05, 4.69) is 55.1 Å². The van der Waals surface area contributed by atoms with Crippen LogP contribution in [0.5, 0.6) is 5.75 Å². The van der Waals surface area contributed by atoms with Gasteiger partial charge in [0, 0.05) is 24.8 Å². The highest BCUT2D eigenvalue weighted by Gasteiger charge is 2.22. The summed E-state index contributed by atoms with van der Waals surface area (Å²) in [4.78, 5) is 20.5. The Bertz CT molecular complexity index is 1110.